The van der Waals surface area contributed by atoms with E-state index in [1.165, 1.54) is 25.3 Å². The maximum absolute atomic E-state index is 12.6. The summed E-state index contributed by atoms with van der Waals surface area (Å²) in [5.74, 6) is -0.665. The molecule has 2 N–H and O–H groups in total. The van der Waals surface area contributed by atoms with Crippen LogP contribution < -0.4 is 14.2 Å². The fourth-order valence-corrected chi connectivity index (χ4v) is 2.83. The van der Waals surface area contributed by atoms with Gasteiger partial charge >= 0.3 is 5.97 Å². The predicted molar refractivity (Wildman–Crippen MR) is 100 cm³/mol. The first kappa shape index (κ1) is 19.5. The molecule has 1 aliphatic rings. The topological polar surface area (TPSA) is 102 Å². The number of ketones is 1. The van der Waals surface area contributed by atoms with Crippen LogP contribution in [0.5, 0.6) is 28.7 Å². The third-order valence-electron chi connectivity index (χ3n) is 4.37. The second-order valence-corrected chi connectivity index (χ2v) is 7.62. The molecule has 7 nitrogen and oxygen atoms in total. The molecule has 0 saturated heterocycles. The quantitative estimate of drug-likeness (QED) is 0.611. The van der Waals surface area contributed by atoms with Crippen LogP contribution >= 0.6 is 0 Å². The van der Waals surface area contributed by atoms with Gasteiger partial charge in [-0.15, -0.1) is 0 Å². The van der Waals surface area contributed by atoms with E-state index >= 15 is 0 Å². The Labute approximate surface area is 162 Å². The Hall–Kier alpha value is -3.22. The van der Waals surface area contributed by atoms with Crippen LogP contribution in [-0.2, 0) is 4.79 Å². The number of ether oxygens (including phenoxy) is 3. The molecule has 0 aromatic heterocycles. The number of esters is 1. The zero-order valence-electron chi connectivity index (χ0n) is 16.1. The number of rotatable bonds is 3. The van der Waals surface area contributed by atoms with E-state index in [1.54, 1.807) is 32.9 Å². The minimum absolute atomic E-state index is 0.00649. The molecule has 0 unspecified atom stereocenters. The molecule has 148 valence electrons. The van der Waals surface area contributed by atoms with Gasteiger partial charge < -0.3 is 24.4 Å². The van der Waals surface area contributed by atoms with Crippen LogP contribution in [0.25, 0.3) is 0 Å². The Morgan fingerprint density at radius 1 is 1.14 bits per heavy atom. The molecule has 1 atom stereocenters. The van der Waals surface area contributed by atoms with Gasteiger partial charge in [-0.1, -0.05) is 6.07 Å². The number of carbonyl (C=O) groups excluding carboxylic acids is 2. The Morgan fingerprint density at radius 3 is 2.46 bits per heavy atom. The molecule has 2 aromatic rings. The predicted octanol–water partition coefficient (Wildman–Crippen LogP) is 3.76. The van der Waals surface area contributed by atoms with E-state index in [0.29, 0.717) is 11.3 Å². The number of hydrogen-bond acceptors (Lipinski definition) is 7. The van der Waals surface area contributed by atoms with Gasteiger partial charge in [0.2, 0.25) is 0 Å². The highest BCUT2D eigenvalue weighted by Gasteiger charge is 2.32. The van der Waals surface area contributed by atoms with Crippen molar-refractivity contribution in [1.82, 2.24) is 0 Å². The van der Waals surface area contributed by atoms with Crippen molar-refractivity contribution >= 4 is 11.8 Å². The molecule has 0 saturated carbocycles. The average Bonchev–Trinajstić information content (AvgIpc) is 2.60. The molecule has 0 bridgehead atoms. The van der Waals surface area contributed by atoms with Crippen LogP contribution in [0.15, 0.2) is 30.3 Å². The lowest BCUT2D eigenvalue weighted by Crippen LogP contribution is -2.26. The first-order valence-electron chi connectivity index (χ1n) is 8.76. The third-order valence-corrected chi connectivity index (χ3v) is 4.37. The molecule has 0 radical (unpaired) electrons. The van der Waals surface area contributed by atoms with Crippen molar-refractivity contribution in [3.63, 3.8) is 0 Å². The van der Waals surface area contributed by atoms with Crippen molar-refractivity contribution in [3.8, 4) is 28.7 Å². The van der Waals surface area contributed by atoms with Gasteiger partial charge in [-0.2, -0.15) is 0 Å². The average molecular weight is 386 g/mol. The van der Waals surface area contributed by atoms with Crippen LogP contribution in [0, 0.1) is 5.41 Å². The second-order valence-electron chi connectivity index (χ2n) is 7.62. The van der Waals surface area contributed by atoms with Crippen LogP contribution in [0.2, 0.25) is 0 Å². The summed E-state index contributed by atoms with van der Waals surface area (Å²) in [5, 5.41) is 20.2. The van der Waals surface area contributed by atoms with Crippen molar-refractivity contribution < 1.29 is 34.0 Å². The lowest BCUT2D eigenvalue weighted by atomic mass is 9.95. The zero-order chi connectivity index (χ0) is 20.6. The van der Waals surface area contributed by atoms with E-state index in [2.05, 4.69) is 0 Å². The number of Topliss-reactive ketones (excluding diaryl/α,β-unsaturated/α-hetero) is 1. The molecule has 3 rings (SSSR count). The van der Waals surface area contributed by atoms with Gasteiger partial charge in [0.1, 0.15) is 28.9 Å². The van der Waals surface area contributed by atoms with Crippen LogP contribution in [0.1, 0.15) is 49.2 Å². The fourth-order valence-electron chi connectivity index (χ4n) is 2.83. The minimum Gasteiger partial charge on any atom is -0.507 e. The zero-order valence-corrected chi connectivity index (χ0v) is 16.1. The Balaban J connectivity index is 1.93. The van der Waals surface area contributed by atoms with Crippen molar-refractivity contribution in [2.45, 2.75) is 33.3 Å². The number of aromatic hydroxyl groups is 2. The molecular formula is C21H22O7. The summed E-state index contributed by atoms with van der Waals surface area (Å²) < 4.78 is 16.2. The van der Waals surface area contributed by atoms with Gasteiger partial charge in [0, 0.05) is 12.1 Å². The van der Waals surface area contributed by atoms with E-state index in [4.69, 9.17) is 14.2 Å². The number of hydrogen-bond donors (Lipinski definition) is 2. The molecule has 1 heterocycles. The molecular weight excluding hydrogens is 364 g/mol. The number of methoxy groups -OCH3 is 1. The number of fused-ring (bicyclic) bond motifs is 1. The van der Waals surface area contributed by atoms with Crippen LogP contribution in [0.3, 0.4) is 0 Å². The Kier molecular flexibility index (Phi) is 4.93. The van der Waals surface area contributed by atoms with Crippen molar-refractivity contribution in [2.75, 3.05) is 7.11 Å². The maximum atomic E-state index is 12.6. The summed E-state index contributed by atoms with van der Waals surface area (Å²) in [6.07, 6.45) is -0.669. The lowest BCUT2D eigenvalue weighted by Gasteiger charge is -2.27. The summed E-state index contributed by atoms with van der Waals surface area (Å²) in [7, 11) is 1.44. The van der Waals surface area contributed by atoms with E-state index < -0.39 is 17.5 Å². The monoisotopic (exact) mass is 386 g/mol. The SMILES string of the molecule is COc1ccc([C@@H]2CC(=O)c3c(O)cc(OC(=O)C(C)(C)C)cc3O2)cc1O. The maximum Gasteiger partial charge on any atom is 0.316 e. The van der Waals surface area contributed by atoms with Crippen molar-refractivity contribution in [1.29, 1.82) is 0 Å². The highest BCUT2D eigenvalue weighted by molar-refractivity contribution is 6.02. The lowest BCUT2D eigenvalue weighted by molar-refractivity contribution is -0.143. The smallest absolute Gasteiger partial charge is 0.316 e. The van der Waals surface area contributed by atoms with Crippen molar-refractivity contribution in [3.05, 3.63) is 41.5 Å². The van der Waals surface area contributed by atoms with Crippen LogP contribution in [0.4, 0.5) is 0 Å². The number of phenols is 2. The van der Waals surface area contributed by atoms with E-state index in [0.717, 1.165) is 0 Å². The molecule has 0 spiro atoms. The molecule has 0 aliphatic carbocycles. The standard InChI is InChI=1S/C21H22O7/c1-21(2,3)20(25)27-12-8-14(23)19-15(24)10-17(28-18(19)9-12)11-5-6-16(26-4)13(22)7-11/h5-9,17,22-23H,10H2,1-4H3/t17-/m0/s1. The normalized spacial score (nSPS) is 16.1. The largest absolute Gasteiger partial charge is 0.507 e. The van der Waals surface area contributed by atoms with Gasteiger partial charge in [0.15, 0.2) is 17.3 Å². The Bertz CT molecular complexity index is 941. The van der Waals surface area contributed by atoms with Gasteiger partial charge in [0.05, 0.1) is 18.9 Å². The number of carbonyl (C=O) groups is 2. The highest BCUT2D eigenvalue weighted by Crippen LogP contribution is 2.43. The summed E-state index contributed by atoms with van der Waals surface area (Å²) in [4.78, 5) is 24.7. The summed E-state index contributed by atoms with van der Waals surface area (Å²) in [5.41, 5.74) is -0.107. The minimum atomic E-state index is -0.731. The number of benzene rings is 2. The second kappa shape index (κ2) is 7.07. The first-order chi connectivity index (χ1) is 13.1. The third kappa shape index (κ3) is 3.74. The summed E-state index contributed by atoms with van der Waals surface area (Å²) in [6.45, 7) is 5.12. The molecule has 28 heavy (non-hydrogen) atoms. The van der Waals surface area contributed by atoms with E-state index in [9.17, 15) is 19.8 Å². The number of phenolic OH excluding ortho intramolecular Hbond substituents is 2. The first-order valence-corrected chi connectivity index (χ1v) is 8.76. The molecule has 7 heteroatoms. The molecule has 0 amide bonds. The van der Waals surface area contributed by atoms with Gasteiger partial charge in [-0.25, -0.2) is 0 Å². The van der Waals surface area contributed by atoms with Crippen molar-refractivity contribution in [2.24, 2.45) is 5.41 Å². The van der Waals surface area contributed by atoms with E-state index in [-0.39, 0.29) is 40.8 Å². The van der Waals surface area contributed by atoms with Gasteiger partial charge in [-0.05, 0) is 38.5 Å². The summed E-state index contributed by atoms with van der Waals surface area (Å²) >= 11 is 0. The van der Waals surface area contributed by atoms with E-state index in [1.807, 2.05) is 0 Å². The fraction of sp³-hybridized carbons (Fsp3) is 0.333. The summed E-state index contributed by atoms with van der Waals surface area (Å²) in [6, 6.07) is 7.36. The van der Waals surface area contributed by atoms with Crippen LogP contribution in [-0.4, -0.2) is 29.1 Å². The van der Waals surface area contributed by atoms with Gasteiger partial charge in [-0.3, -0.25) is 9.59 Å². The highest BCUT2D eigenvalue weighted by atomic mass is 16.5. The molecule has 0 fully saturated rings. The Morgan fingerprint density at radius 2 is 1.86 bits per heavy atom. The molecule has 1 aliphatic heterocycles. The van der Waals surface area contributed by atoms with Gasteiger partial charge in [0.25, 0.3) is 0 Å². The molecule has 2 aromatic carbocycles.